The molecular formula is C19H33N5. The number of likely N-dealkylation sites (N-methyl/N-ethyl adjacent to an activating group) is 1. The first-order chi connectivity index (χ1) is 11.6. The molecule has 1 atom stereocenters. The average molecular weight is 332 g/mol. The van der Waals surface area contributed by atoms with Crippen LogP contribution in [0.25, 0.3) is 0 Å². The van der Waals surface area contributed by atoms with E-state index < -0.39 is 0 Å². The Labute approximate surface area is 147 Å². The summed E-state index contributed by atoms with van der Waals surface area (Å²) in [7, 11) is 4.12. The number of nitrogens with zero attached hydrogens (tertiary/aromatic N) is 3. The van der Waals surface area contributed by atoms with Crippen LogP contribution in [0.4, 0.5) is 5.69 Å². The number of aliphatic imine (C=N–C) groups is 1. The highest BCUT2D eigenvalue weighted by atomic mass is 15.2. The molecule has 1 fully saturated rings. The zero-order valence-electron chi connectivity index (χ0n) is 15.7. The van der Waals surface area contributed by atoms with Gasteiger partial charge in [0.1, 0.15) is 0 Å². The van der Waals surface area contributed by atoms with Crippen molar-refractivity contribution in [2.75, 3.05) is 45.2 Å². The summed E-state index contributed by atoms with van der Waals surface area (Å²) in [6.07, 6.45) is 2.60. The highest BCUT2D eigenvalue weighted by Gasteiger charge is 2.22. The number of likely N-dealkylation sites (tertiary alicyclic amines) is 1. The van der Waals surface area contributed by atoms with E-state index in [0.29, 0.717) is 12.6 Å². The van der Waals surface area contributed by atoms with Gasteiger partial charge in [0.25, 0.3) is 0 Å². The highest BCUT2D eigenvalue weighted by molar-refractivity contribution is 5.79. The molecule has 24 heavy (non-hydrogen) atoms. The van der Waals surface area contributed by atoms with Gasteiger partial charge in [0.15, 0.2) is 5.96 Å². The number of guanidine groups is 1. The molecule has 5 heteroatoms. The lowest BCUT2D eigenvalue weighted by molar-refractivity contribution is 0.267. The molecule has 0 bridgehead atoms. The fraction of sp³-hybridized carbons (Fsp3) is 0.632. The van der Waals surface area contributed by atoms with E-state index in [2.05, 4.69) is 72.6 Å². The minimum absolute atomic E-state index is 0.637. The van der Waals surface area contributed by atoms with E-state index in [1.54, 1.807) is 0 Å². The Balaban J connectivity index is 1.90. The summed E-state index contributed by atoms with van der Waals surface area (Å²) in [4.78, 5) is 9.40. The van der Waals surface area contributed by atoms with E-state index >= 15 is 0 Å². The van der Waals surface area contributed by atoms with Gasteiger partial charge in [0, 0.05) is 38.9 Å². The molecular weight excluding hydrogens is 298 g/mol. The monoisotopic (exact) mass is 331 g/mol. The minimum Gasteiger partial charge on any atom is -0.378 e. The van der Waals surface area contributed by atoms with Crippen LogP contribution in [0.3, 0.4) is 0 Å². The lowest BCUT2D eigenvalue weighted by Crippen LogP contribution is -2.44. The van der Waals surface area contributed by atoms with Gasteiger partial charge >= 0.3 is 0 Å². The van der Waals surface area contributed by atoms with Crippen molar-refractivity contribution >= 4 is 11.6 Å². The summed E-state index contributed by atoms with van der Waals surface area (Å²) in [6, 6.07) is 9.22. The molecule has 1 aliphatic heterocycles. The molecule has 0 radical (unpaired) electrons. The average Bonchev–Trinajstić information content (AvgIpc) is 3.05. The largest absolute Gasteiger partial charge is 0.378 e. The van der Waals surface area contributed by atoms with Crippen molar-refractivity contribution in [3.63, 3.8) is 0 Å². The van der Waals surface area contributed by atoms with Gasteiger partial charge in [0.2, 0.25) is 0 Å². The maximum Gasteiger partial charge on any atom is 0.191 e. The van der Waals surface area contributed by atoms with E-state index in [1.165, 1.54) is 30.6 Å². The third kappa shape index (κ3) is 5.41. The van der Waals surface area contributed by atoms with Crippen molar-refractivity contribution in [1.82, 2.24) is 15.5 Å². The molecule has 1 heterocycles. The fourth-order valence-corrected chi connectivity index (χ4v) is 3.17. The second-order valence-electron chi connectivity index (χ2n) is 6.56. The first-order valence-corrected chi connectivity index (χ1v) is 9.16. The Kier molecular flexibility index (Phi) is 7.37. The molecule has 2 N–H and O–H groups in total. The number of hydrogen-bond acceptors (Lipinski definition) is 3. The van der Waals surface area contributed by atoms with E-state index in [0.717, 1.165) is 25.6 Å². The van der Waals surface area contributed by atoms with Crippen molar-refractivity contribution in [3.8, 4) is 0 Å². The normalized spacial score (nSPS) is 18.7. The highest BCUT2D eigenvalue weighted by Crippen LogP contribution is 2.15. The Morgan fingerprint density at radius 2 is 1.96 bits per heavy atom. The SMILES string of the molecule is CCNC(=NCc1ccc(N(C)C)cc1)NCC1CCCN1CC. The first-order valence-electron chi connectivity index (χ1n) is 9.16. The summed E-state index contributed by atoms with van der Waals surface area (Å²) >= 11 is 0. The summed E-state index contributed by atoms with van der Waals surface area (Å²) in [5.74, 6) is 0.914. The molecule has 1 unspecified atom stereocenters. The van der Waals surface area contributed by atoms with Gasteiger partial charge < -0.3 is 15.5 Å². The van der Waals surface area contributed by atoms with Crippen LogP contribution in [0.1, 0.15) is 32.3 Å². The second-order valence-corrected chi connectivity index (χ2v) is 6.56. The van der Waals surface area contributed by atoms with E-state index in [-0.39, 0.29) is 0 Å². The van der Waals surface area contributed by atoms with Crippen LogP contribution in [-0.4, -0.2) is 57.2 Å². The lowest BCUT2D eigenvalue weighted by atomic mass is 10.2. The zero-order chi connectivity index (χ0) is 17.4. The van der Waals surface area contributed by atoms with Crippen molar-refractivity contribution in [2.24, 2.45) is 4.99 Å². The predicted molar refractivity (Wildman–Crippen MR) is 104 cm³/mol. The summed E-state index contributed by atoms with van der Waals surface area (Å²) in [5, 5.41) is 6.87. The Morgan fingerprint density at radius 1 is 1.21 bits per heavy atom. The van der Waals surface area contributed by atoms with Crippen molar-refractivity contribution in [1.29, 1.82) is 0 Å². The van der Waals surface area contributed by atoms with Crippen molar-refractivity contribution in [2.45, 2.75) is 39.3 Å². The smallest absolute Gasteiger partial charge is 0.191 e. The number of hydrogen-bond donors (Lipinski definition) is 2. The van der Waals surface area contributed by atoms with E-state index in [4.69, 9.17) is 4.99 Å². The maximum atomic E-state index is 4.73. The molecule has 0 saturated carbocycles. The summed E-state index contributed by atoms with van der Waals surface area (Å²) in [5.41, 5.74) is 2.45. The summed E-state index contributed by atoms with van der Waals surface area (Å²) in [6.45, 7) is 9.27. The molecule has 0 amide bonds. The second kappa shape index (κ2) is 9.52. The Bertz CT molecular complexity index is 509. The molecule has 1 aromatic carbocycles. The standard InChI is InChI=1S/C19H33N5/c1-5-20-19(22-15-18-8-7-13-24(18)6-2)21-14-16-9-11-17(12-10-16)23(3)4/h9-12,18H,5-8,13-15H2,1-4H3,(H2,20,21,22). The van der Waals surface area contributed by atoms with Crippen LogP contribution in [-0.2, 0) is 6.54 Å². The molecule has 0 aromatic heterocycles. The zero-order valence-corrected chi connectivity index (χ0v) is 15.7. The molecule has 1 saturated heterocycles. The van der Waals surface area contributed by atoms with Gasteiger partial charge in [0.05, 0.1) is 6.54 Å². The van der Waals surface area contributed by atoms with E-state index in [1.807, 2.05) is 0 Å². The van der Waals surface area contributed by atoms with Crippen LogP contribution < -0.4 is 15.5 Å². The van der Waals surface area contributed by atoms with Gasteiger partial charge in [-0.25, -0.2) is 4.99 Å². The molecule has 1 aliphatic rings. The van der Waals surface area contributed by atoms with Gasteiger partial charge in [-0.05, 0) is 50.6 Å². The van der Waals surface area contributed by atoms with Crippen LogP contribution in [0.15, 0.2) is 29.3 Å². The van der Waals surface area contributed by atoms with Crippen molar-refractivity contribution in [3.05, 3.63) is 29.8 Å². The molecule has 0 aliphatic carbocycles. The third-order valence-corrected chi connectivity index (χ3v) is 4.63. The quantitative estimate of drug-likeness (QED) is 0.594. The molecule has 134 valence electrons. The number of rotatable bonds is 7. The summed E-state index contributed by atoms with van der Waals surface area (Å²) < 4.78 is 0. The van der Waals surface area contributed by atoms with Gasteiger partial charge in [-0.1, -0.05) is 19.1 Å². The minimum atomic E-state index is 0.637. The van der Waals surface area contributed by atoms with Gasteiger partial charge in [-0.3, -0.25) is 4.90 Å². The van der Waals surface area contributed by atoms with Gasteiger partial charge in [-0.15, -0.1) is 0 Å². The molecule has 1 aromatic rings. The van der Waals surface area contributed by atoms with Crippen LogP contribution in [0.5, 0.6) is 0 Å². The van der Waals surface area contributed by atoms with Crippen LogP contribution in [0.2, 0.25) is 0 Å². The number of benzene rings is 1. The van der Waals surface area contributed by atoms with E-state index in [9.17, 15) is 0 Å². The first kappa shape index (κ1) is 18.6. The number of anilines is 1. The van der Waals surface area contributed by atoms with Crippen LogP contribution in [0, 0.1) is 0 Å². The van der Waals surface area contributed by atoms with Gasteiger partial charge in [-0.2, -0.15) is 0 Å². The third-order valence-electron chi connectivity index (χ3n) is 4.63. The van der Waals surface area contributed by atoms with Crippen LogP contribution >= 0.6 is 0 Å². The molecule has 0 spiro atoms. The topological polar surface area (TPSA) is 42.9 Å². The number of nitrogens with one attached hydrogen (secondary N) is 2. The Morgan fingerprint density at radius 3 is 2.58 bits per heavy atom. The Hall–Kier alpha value is -1.75. The molecule has 2 rings (SSSR count). The predicted octanol–water partition coefficient (Wildman–Crippen LogP) is 2.29. The lowest BCUT2D eigenvalue weighted by Gasteiger charge is -2.24. The maximum absolute atomic E-state index is 4.73. The fourth-order valence-electron chi connectivity index (χ4n) is 3.17. The molecule has 5 nitrogen and oxygen atoms in total. The van der Waals surface area contributed by atoms with Crippen molar-refractivity contribution < 1.29 is 0 Å².